The number of rotatable bonds is 1. The minimum atomic E-state index is -0.452. The van der Waals surface area contributed by atoms with Crippen LogP contribution in [0.1, 0.15) is 17.2 Å². The van der Waals surface area contributed by atoms with E-state index < -0.39 is 11.0 Å². The summed E-state index contributed by atoms with van der Waals surface area (Å²) in [6.45, 7) is 0. The zero-order valence-electron chi connectivity index (χ0n) is 8.17. The highest BCUT2D eigenvalue weighted by Gasteiger charge is 2.42. The highest BCUT2D eigenvalue weighted by atomic mass is 16.6. The standard InChI is InChI=1S/C10H8N2O4/c13-10-11-9-7-4-6(12(14)15)2-1-5(7)3-8(9)16-10/h1-2,4,8-9H,3H2,(H,11,13)/t8?,9-/m1/s1. The number of ether oxygens (including phenoxy) is 1. The van der Waals surface area contributed by atoms with Crippen LogP contribution in [0.15, 0.2) is 18.2 Å². The summed E-state index contributed by atoms with van der Waals surface area (Å²) in [6.07, 6.45) is -0.0480. The van der Waals surface area contributed by atoms with Crippen molar-refractivity contribution in [2.75, 3.05) is 0 Å². The van der Waals surface area contributed by atoms with Gasteiger partial charge < -0.3 is 10.1 Å². The van der Waals surface area contributed by atoms with E-state index in [4.69, 9.17) is 4.74 Å². The van der Waals surface area contributed by atoms with E-state index in [-0.39, 0.29) is 17.8 Å². The molecule has 0 bridgehead atoms. The van der Waals surface area contributed by atoms with Gasteiger partial charge in [0.25, 0.3) is 5.69 Å². The van der Waals surface area contributed by atoms with Gasteiger partial charge in [-0.15, -0.1) is 0 Å². The molecule has 1 aromatic rings. The Hall–Kier alpha value is -2.11. The van der Waals surface area contributed by atoms with Gasteiger partial charge in [0.2, 0.25) is 0 Å². The van der Waals surface area contributed by atoms with Gasteiger partial charge in [0.1, 0.15) is 6.10 Å². The van der Waals surface area contributed by atoms with Crippen LogP contribution in [-0.2, 0) is 11.2 Å². The zero-order valence-corrected chi connectivity index (χ0v) is 8.17. The van der Waals surface area contributed by atoms with E-state index in [1.807, 2.05) is 0 Å². The Morgan fingerprint density at radius 3 is 3.06 bits per heavy atom. The fraction of sp³-hybridized carbons (Fsp3) is 0.300. The average molecular weight is 220 g/mol. The van der Waals surface area contributed by atoms with E-state index in [1.165, 1.54) is 12.1 Å². The molecular weight excluding hydrogens is 212 g/mol. The largest absolute Gasteiger partial charge is 0.443 e. The predicted octanol–water partition coefficient (Wildman–Crippen LogP) is 1.30. The fourth-order valence-corrected chi connectivity index (χ4v) is 2.29. The number of hydrogen-bond donors (Lipinski definition) is 1. The molecule has 1 unspecified atom stereocenters. The summed E-state index contributed by atoms with van der Waals surface area (Å²) in [5, 5.41) is 13.3. The van der Waals surface area contributed by atoms with Crippen LogP contribution >= 0.6 is 0 Å². The molecule has 1 heterocycles. The van der Waals surface area contributed by atoms with Crippen molar-refractivity contribution < 1.29 is 14.5 Å². The maximum atomic E-state index is 11.0. The second kappa shape index (κ2) is 2.94. The molecule has 1 fully saturated rings. The Labute approximate surface area is 90.4 Å². The second-order valence-electron chi connectivity index (χ2n) is 3.91. The van der Waals surface area contributed by atoms with Crippen LogP contribution in [0.25, 0.3) is 0 Å². The number of nitro benzene ring substituents is 1. The number of hydrogen-bond acceptors (Lipinski definition) is 4. The summed E-state index contributed by atoms with van der Waals surface area (Å²) in [4.78, 5) is 21.2. The molecule has 0 saturated carbocycles. The number of nitro groups is 1. The number of non-ortho nitro benzene ring substituents is 1. The molecule has 2 aliphatic rings. The molecule has 1 aliphatic heterocycles. The van der Waals surface area contributed by atoms with E-state index in [1.54, 1.807) is 6.07 Å². The Morgan fingerprint density at radius 2 is 2.31 bits per heavy atom. The quantitative estimate of drug-likeness (QED) is 0.571. The van der Waals surface area contributed by atoms with Crippen LogP contribution in [0.5, 0.6) is 0 Å². The number of nitrogens with one attached hydrogen (secondary N) is 1. The number of fused-ring (bicyclic) bond motifs is 3. The van der Waals surface area contributed by atoms with Crippen molar-refractivity contribution in [1.82, 2.24) is 5.32 Å². The minimum Gasteiger partial charge on any atom is -0.443 e. The van der Waals surface area contributed by atoms with E-state index in [0.29, 0.717) is 6.42 Å². The fourth-order valence-electron chi connectivity index (χ4n) is 2.29. The van der Waals surface area contributed by atoms with Gasteiger partial charge in [-0.2, -0.15) is 0 Å². The average Bonchev–Trinajstić information content (AvgIpc) is 2.72. The first-order valence-electron chi connectivity index (χ1n) is 4.89. The molecule has 1 aliphatic carbocycles. The molecule has 2 atom stereocenters. The molecule has 0 radical (unpaired) electrons. The van der Waals surface area contributed by atoms with Gasteiger partial charge in [-0.05, 0) is 11.1 Å². The van der Waals surface area contributed by atoms with Crippen LogP contribution in [0.2, 0.25) is 0 Å². The molecule has 3 rings (SSSR count). The molecule has 16 heavy (non-hydrogen) atoms. The van der Waals surface area contributed by atoms with Crippen molar-refractivity contribution in [1.29, 1.82) is 0 Å². The smallest absolute Gasteiger partial charge is 0.408 e. The summed E-state index contributed by atoms with van der Waals surface area (Å²) in [7, 11) is 0. The monoisotopic (exact) mass is 220 g/mol. The van der Waals surface area contributed by atoms with E-state index in [2.05, 4.69) is 5.32 Å². The number of alkyl carbamates (subject to hydrolysis) is 1. The molecule has 0 aromatic heterocycles. The highest BCUT2D eigenvalue weighted by Crippen LogP contribution is 2.38. The molecule has 6 nitrogen and oxygen atoms in total. The molecule has 82 valence electrons. The van der Waals surface area contributed by atoms with Crippen LogP contribution in [0.4, 0.5) is 10.5 Å². The first kappa shape index (κ1) is 9.14. The normalized spacial score (nSPS) is 25.6. The first-order chi connectivity index (χ1) is 7.65. The van der Waals surface area contributed by atoms with Gasteiger partial charge in [0.15, 0.2) is 0 Å². The minimum absolute atomic E-state index is 0.0422. The van der Waals surface area contributed by atoms with Crippen LogP contribution in [0.3, 0.4) is 0 Å². The number of nitrogens with zero attached hydrogens (tertiary/aromatic N) is 1. The predicted molar refractivity (Wildman–Crippen MR) is 52.9 cm³/mol. The van der Waals surface area contributed by atoms with Gasteiger partial charge in [-0.1, -0.05) is 6.07 Å². The first-order valence-corrected chi connectivity index (χ1v) is 4.89. The molecule has 6 heteroatoms. The van der Waals surface area contributed by atoms with Crippen LogP contribution in [-0.4, -0.2) is 17.1 Å². The van der Waals surface area contributed by atoms with Crippen molar-refractivity contribution in [3.63, 3.8) is 0 Å². The lowest BCUT2D eigenvalue weighted by molar-refractivity contribution is -0.384. The number of carbonyl (C=O) groups excluding carboxylic acids is 1. The molecule has 1 N–H and O–H groups in total. The third kappa shape index (κ3) is 1.16. The topological polar surface area (TPSA) is 81.5 Å². The number of benzene rings is 1. The van der Waals surface area contributed by atoms with Crippen molar-refractivity contribution in [2.24, 2.45) is 0 Å². The zero-order chi connectivity index (χ0) is 11.3. The van der Waals surface area contributed by atoms with Crippen molar-refractivity contribution in [3.05, 3.63) is 39.4 Å². The summed E-state index contributed by atoms with van der Waals surface area (Å²) >= 11 is 0. The summed E-state index contributed by atoms with van der Waals surface area (Å²) in [5.74, 6) is 0. The Kier molecular flexibility index (Phi) is 1.68. The lowest BCUT2D eigenvalue weighted by atomic mass is 10.1. The third-order valence-corrected chi connectivity index (χ3v) is 3.00. The third-order valence-electron chi connectivity index (χ3n) is 3.00. The van der Waals surface area contributed by atoms with Gasteiger partial charge in [0, 0.05) is 18.6 Å². The second-order valence-corrected chi connectivity index (χ2v) is 3.91. The molecule has 1 saturated heterocycles. The summed E-state index contributed by atoms with van der Waals surface area (Å²) < 4.78 is 5.05. The summed E-state index contributed by atoms with van der Waals surface area (Å²) in [5.41, 5.74) is 1.84. The maximum Gasteiger partial charge on any atom is 0.408 e. The number of carbonyl (C=O) groups is 1. The van der Waals surface area contributed by atoms with Crippen LogP contribution < -0.4 is 5.32 Å². The molecule has 1 amide bonds. The maximum absolute atomic E-state index is 11.0. The lowest BCUT2D eigenvalue weighted by Crippen LogP contribution is -2.18. The Morgan fingerprint density at radius 1 is 1.50 bits per heavy atom. The van der Waals surface area contributed by atoms with Crippen LogP contribution in [0, 0.1) is 10.1 Å². The van der Waals surface area contributed by atoms with E-state index in [9.17, 15) is 14.9 Å². The van der Waals surface area contributed by atoms with Gasteiger partial charge in [0.05, 0.1) is 11.0 Å². The van der Waals surface area contributed by atoms with Gasteiger partial charge in [-0.25, -0.2) is 4.79 Å². The Balaban J connectivity index is 2.04. The molecular formula is C10H8N2O4. The van der Waals surface area contributed by atoms with Gasteiger partial charge >= 0.3 is 6.09 Å². The van der Waals surface area contributed by atoms with E-state index in [0.717, 1.165) is 11.1 Å². The van der Waals surface area contributed by atoms with Gasteiger partial charge in [-0.3, -0.25) is 10.1 Å². The Bertz CT molecular complexity index is 500. The highest BCUT2D eigenvalue weighted by molar-refractivity contribution is 5.72. The number of amides is 1. The van der Waals surface area contributed by atoms with Crippen molar-refractivity contribution in [3.8, 4) is 0 Å². The summed E-state index contributed by atoms with van der Waals surface area (Å²) in [6, 6.07) is 4.47. The van der Waals surface area contributed by atoms with E-state index >= 15 is 0 Å². The molecule has 0 spiro atoms. The lowest BCUT2D eigenvalue weighted by Gasteiger charge is -2.06. The van der Waals surface area contributed by atoms with Crippen molar-refractivity contribution in [2.45, 2.75) is 18.6 Å². The molecule has 1 aromatic carbocycles. The SMILES string of the molecule is O=C1N[C@@H]2c3cc([N+](=O)[O-])ccc3CC2O1. The van der Waals surface area contributed by atoms with Crippen molar-refractivity contribution >= 4 is 11.8 Å².